The van der Waals surface area contributed by atoms with Crippen molar-refractivity contribution >= 4 is 11.5 Å². The van der Waals surface area contributed by atoms with Crippen molar-refractivity contribution in [3.8, 4) is 0 Å². The molecule has 2 unspecified atom stereocenters. The maximum atomic E-state index is 4.28. The summed E-state index contributed by atoms with van der Waals surface area (Å²) in [6, 6.07) is 4.20. The molecule has 3 heteroatoms. The Hall–Kier alpha value is -1.25. The van der Waals surface area contributed by atoms with E-state index in [1.54, 1.807) is 0 Å². The fraction of sp³-hybridized carbons (Fsp3) is 0.615. The zero-order valence-electron chi connectivity index (χ0n) is 10.4. The predicted molar refractivity (Wildman–Crippen MR) is 68.9 cm³/mol. The van der Waals surface area contributed by atoms with Crippen LogP contribution < -0.4 is 10.2 Å². The third-order valence-corrected chi connectivity index (χ3v) is 3.33. The molecule has 0 radical (unpaired) electrons. The highest BCUT2D eigenvalue weighted by Crippen LogP contribution is 2.38. The lowest BCUT2D eigenvalue weighted by atomic mass is 10.3. The molecule has 0 bridgehead atoms. The van der Waals surface area contributed by atoms with Crippen molar-refractivity contribution in [2.45, 2.75) is 20.3 Å². The van der Waals surface area contributed by atoms with Crippen molar-refractivity contribution in [3.63, 3.8) is 0 Å². The Labute approximate surface area is 97.9 Å². The van der Waals surface area contributed by atoms with Gasteiger partial charge in [0.2, 0.25) is 0 Å². The van der Waals surface area contributed by atoms with E-state index in [-0.39, 0.29) is 0 Å². The first-order chi connectivity index (χ1) is 7.70. The maximum absolute atomic E-state index is 4.28. The van der Waals surface area contributed by atoms with E-state index in [0.717, 1.165) is 30.7 Å². The number of rotatable bonds is 5. The summed E-state index contributed by atoms with van der Waals surface area (Å²) < 4.78 is 0. The molecule has 1 heterocycles. The van der Waals surface area contributed by atoms with Crippen LogP contribution in [0.1, 0.15) is 20.3 Å². The fourth-order valence-electron chi connectivity index (χ4n) is 2.05. The molecule has 1 aliphatic carbocycles. The Kier molecular flexibility index (Phi) is 3.32. The number of nitrogens with zero attached hydrogens (tertiary/aromatic N) is 2. The third-order valence-electron chi connectivity index (χ3n) is 3.33. The van der Waals surface area contributed by atoms with Gasteiger partial charge in [-0.3, -0.25) is 0 Å². The maximum Gasteiger partial charge on any atom is 0.127 e. The van der Waals surface area contributed by atoms with Gasteiger partial charge in [-0.05, 0) is 31.2 Å². The van der Waals surface area contributed by atoms with Crippen LogP contribution in [-0.2, 0) is 0 Å². The molecule has 0 spiro atoms. The topological polar surface area (TPSA) is 28.2 Å². The summed E-state index contributed by atoms with van der Waals surface area (Å²) in [4.78, 5) is 6.61. The first kappa shape index (κ1) is 11.2. The van der Waals surface area contributed by atoms with E-state index in [2.05, 4.69) is 48.2 Å². The van der Waals surface area contributed by atoms with E-state index in [9.17, 15) is 0 Å². The lowest BCUT2D eigenvalue weighted by molar-refractivity contribution is 0.725. The molecule has 1 aliphatic rings. The van der Waals surface area contributed by atoms with Gasteiger partial charge in [0.25, 0.3) is 0 Å². The Morgan fingerprint density at radius 3 is 2.94 bits per heavy atom. The molecule has 1 saturated carbocycles. The first-order valence-electron chi connectivity index (χ1n) is 6.11. The minimum absolute atomic E-state index is 0.890. The number of nitrogens with one attached hydrogen (secondary N) is 1. The highest BCUT2D eigenvalue weighted by Gasteiger charge is 2.33. The molecule has 0 amide bonds. The van der Waals surface area contributed by atoms with Crippen LogP contribution in [0.4, 0.5) is 11.5 Å². The summed E-state index contributed by atoms with van der Waals surface area (Å²) in [6.45, 7) is 6.50. The van der Waals surface area contributed by atoms with Gasteiger partial charge >= 0.3 is 0 Å². The summed E-state index contributed by atoms with van der Waals surface area (Å²) in [5.41, 5.74) is 1.25. The molecular weight excluding hydrogens is 198 g/mol. The average molecular weight is 219 g/mol. The molecule has 0 aromatic carbocycles. The highest BCUT2D eigenvalue weighted by molar-refractivity contribution is 5.53. The summed E-state index contributed by atoms with van der Waals surface area (Å²) >= 11 is 0. The summed E-state index contributed by atoms with van der Waals surface area (Å²) in [7, 11) is 2.16. The lowest BCUT2D eigenvalue weighted by Gasteiger charge is -2.19. The van der Waals surface area contributed by atoms with Crippen LogP contribution in [0.3, 0.4) is 0 Å². The molecule has 1 N–H and O–H groups in total. The zero-order valence-corrected chi connectivity index (χ0v) is 10.4. The van der Waals surface area contributed by atoms with Crippen LogP contribution in [0.2, 0.25) is 0 Å². The van der Waals surface area contributed by atoms with Crippen LogP contribution in [0.5, 0.6) is 0 Å². The number of hydrogen-bond donors (Lipinski definition) is 1. The molecule has 0 aliphatic heterocycles. The van der Waals surface area contributed by atoms with Crippen molar-refractivity contribution in [1.29, 1.82) is 0 Å². The lowest BCUT2D eigenvalue weighted by Crippen LogP contribution is -2.20. The molecule has 2 rings (SSSR count). The summed E-state index contributed by atoms with van der Waals surface area (Å²) in [5, 5.41) is 3.24. The van der Waals surface area contributed by atoms with Gasteiger partial charge < -0.3 is 10.2 Å². The first-order valence-corrected chi connectivity index (χ1v) is 6.11. The second kappa shape index (κ2) is 4.73. The SMILES string of the molecule is CCNc1cc(N(C)CC2CC2C)ccn1. The molecule has 1 fully saturated rings. The van der Waals surface area contributed by atoms with Crippen molar-refractivity contribution in [1.82, 2.24) is 4.98 Å². The van der Waals surface area contributed by atoms with Crippen LogP contribution >= 0.6 is 0 Å². The molecule has 1 aromatic rings. The monoisotopic (exact) mass is 219 g/mol. The van der Waals surface area contributed by atoms with Crippen LogP contribution in [-0.4, -0.2) is 25.1 Å². The summed E-state index contributed by atoms with van der Waals surface area (Å²) in [5.74, 6) is 2.77. The Morgan fingerprint density at radius 1 is 1.56 bits per heavy atom. The van der Waals surface area contributed by atoms with Crippen LogP contribution in [0.25, 0.3) is 0 Å². The molecule has 16 heavy (non-hydrogen) atoms. The van der Waals surface area contributed by atoms with E-state index in [0.29, 0.717) is 0 Å². The smallest absolute Gasteiger partial charge is 0.127 e. The predicted octanol–water partition coefficient (Wildman–Crippen LogP) is 2.61. The second-order valence-electron chi connectivity index (χ2n) is 4.78. The molecule has 3 nitrogen and oxygen atoms in total. The van der Waals surface area contributed by atoms with Gasteiger partial charge in [-0.15, -0.1) is 0 Å². The van der Waals surface area contributed by atoms with Crippen molar-refractivity contribution in [2.24, 2.45) is 11.8 Å². The minimum Gasteiger partial charge on any atom is -0.374 e. The number of anilines is 2. The van der Waals surface area contributed by atoms with Gasteiger partial charge in [0.15, 0.2) is 0 Å². The molecule has 2 atom stereocenters. The number of aromatic nitrogens is 1. The van der Waals surface area contributed by atoms with Gasteiger partial charge in [0.1, 0.15) is 5.82 Å². The zero-order chi connectivity index (χ0) is 11.5. The van der Waals surface area contributed by atoms with Crippen molar-refractivity contribution in [2.75, 3.05) is 30.4 Å². The molecular formula is C13H21N3. The standard InChI is InChI=1S/C13H21N3/c1-4-14-13-8-12(5-6-15-13)16(3)9-11-7-10(11)2/h5-6,8,10-11H,4,7,9H2,1-3H3,(H,14,15). The van der Waals surface area contributed by atoms with Crippen LogP contribution in [0, 0.1) is 11.8 Å². The van der Waals surface area contributed by atoms with E-state index in [1.807, 2.05) is 6.20 Å². The van der Waals surface area contributed by atoms with Gasteiger partial charge in [-0.2, -0.15) is 0 Å². The van der Waals surface area contributed by atoms with E-state index in [1.165, 1.54) is 12.1 Å². The Bertz CT molecular complexity index is 351. The van der Waals surface area contributed by atoms with Gasteiger partial charge in [-0.1, -0.05) is 6.92 Å². The Morgan fingerprint density at radius 2 is 2.31 bits per heavy atom. The molecule has 0 saturated heterocycles. The highest BCUT2D eigenvalue weighted by atomic mass is 15.1. The van der Waals surface area contributed by atoms with Gasteiger partial charge in [-0.25, -0.2) is 4.98 Å². The van der Waals surface area contributed by atoms with Gasteiger partial charge in [0.05, 0.1) is 0 Å². The van der Waals surface area contributed by atoms with Gasteiger partial charge in [0, 0.05) is 38.1 Å². The second-order valence-corrected chi connectivity index (χ2v) is 4.78. The quantitative estimate of drug-likeness (QED) is 0.825. The molecule has 88 valence electrons. The molecule has 1 aromatic heterocycles. The average Bonchev–Trinajstić information content (AvgIpc) is 2.95. The van der Waals surface area contributed by atoms with Crippen LogP contribution in [0.15, 0.2) is 18.3 Å². The third kappa shape index (κ3) is 2.65. The van der Waals surface area contributed by atoms with E-state index >= 15 is 0 Å². The Balaban J connectivity index is 1.98. The van der Waals surface area contributed by atoms with E-state index < -0.39 is 0 Å². The van der Waals surface area contributed by atoms with E-state index in [4.69, 9.17) is 0 Å². The normalized spacial score (nSPS) is 22.9. The largest absolute Gasteiger partial charge is 0.374 e. The number of hydrogen-bond acceptors (Lipinski definition) is 3. The van der Waals surface area contributed by atoms with Crippen molar-refractivity contribution in [3.05, 3.63) is 18.3 Å². The summed E-state index contributed by atoms with van der Waals surface area (Å²) in [6.07, 6.45) is 3.26. The minimum atomic E-state index is 0.890. The van der Waals surface area contributed by atoms with Crippen molar-refractivity contribution < 1.29 is 0 Å². The number of pyridine rings is 1. The fourth-order valence-corrected chi connectivity index (χ4v) is 2.05.